The lowest BCUT2D eigenvalue weighted by atomic mass is 9.96. The predicted molar refractivity (Wildman–Crippen MR) is 124 cm³/mol. The minimum atomic E-state index is -3.77. The molecule has 3 N–H and O–H groups in total. The number of carboxylic acids is 1. The molecule has 0 aliphatic heterocycles. The Morgan fingerprint density at radius 3 is 2.47 bits per heavy atom. The predicted octanol–water partition coefficient (Wildman–Crippen LogP) is 4.74. The lowest BCUT2D eigenvalue weighted by molar-refractivity contribution is -0.136. The number of fused-ring (bicyclic) bond motifs is 1. The van der Waals surface area contributed by atoms with E-state index in [9.17, 15) is 13.2 Å². The van der Waals surface area contributed by atoms with Crippen LogP contribution in [0.3, 0.4) is 0 Å². The van der Waals surface area contributed by atoms with Gasteiger partial charge in [-0.3, -0.25) is 4.79 Å². The summed E-state index contributed by atoms with van der Waals surface area (Å²) in [4.78, 5) is 11.2. The fourth-order valence-electron chi connectivity index (χ4n) is 4.37. The van der Waals surface area contributed by atoms with E-state index in [0.29, 0.717) is 18.9 Å². The Bertz CT molecular complexity index is 1250. The Hall–Kier alpha value is -2.90. The normalized spacial score (nSPS) is 14.7. The first-order valence-electron chi connectivity index (χ1n) is 10.8. The van der Waals surface area contributed by atoms with Gasteiger partial charge in [0.1, 0.15) is 5.75 Å². The summed E-state index contributed by atoms with van der Waals surface area (Å²) in [5, 5.41) is 16.1. The number of benzene rings is 3. The number of nitrogens with two attached hydrogens (primary N) is 1. The van der Waals surface area contributed by atoms with Gasteiger partial charge in [0.25, 0.3) is 0 Å². The van der Waals surface area contributed by atoms with Crippen LogP contribution in [0.2, 0.25) is 0 Å². The summed E-state index contributed by atoms with van der Waals surface area (Å²) in [6.07, 6.45) is 5.22. The van der Waals surface area contributed by atoms with Gasteiger partial charge in [0.05, 0.1) is 11.5 Å². The maximum absolute atomic E-state index is 11.7. The fraction of sp³-hybridized carbons (Fsp3) is 0.320. The molecule has 1 aliphatic carbocycles. The third-order valence-corrected chi connectivity index (χ3v) is 7.01. The molecule has 32 heavy (non-hydrogen) atoms. The van der Waals surface area contributed by atoms with Crippen LogP contribution >= 0.6 is 0 Å². The molecule has 3 aromatic rings. The Kier molecular flexibility index (Phi) is 6.48. The van der Waals surface area contributed by atoms with E-state index in [4.69, 9.17) is 15.0 Å². The van der Waals surface area contributed by atoms with Crippen molar-refractivity contribution in [2.45, 2.75) is 43.4 Å². The SMILES string of the molecule is NS(=O)(=O)c1ccc2cc(-c3cccc(CCC(=O)O)c3OCC3CCCC3)ccc2c1. The van der Waals surface area contributed by atoms with Gasteiger partial charge in [0, 0.05) is 12.0 Å². The van der Waals surface area contributed by atoms with Crippen molar-refractivity contribution in [3.8, 4) is 16.9 Å². The summed E-state index contributed by atoms with van der Waals surface area (Å²) >= 11 is 0. The van der Waals surface area contributed by atoms with E-state index in [0.717, 1.165) is 46.1 Å². The Morgan fingerprint density at radius 2 is 1.75 bits per heavy atom. The van der Waals surface area contributed by atoms with E-state index in [-0.39, 0.29) is 11.3 Å². The molecule has 7 heteroatoms. The van der Waals surface area contributed by atoms with Gasteiger partial charge in [-0.1, -0.05) is 49.2 Å². The van der Waals surface area contributed by atoms with Crippen molar-refractivity contribution in [1.82, 2.24) is 0 Å². The highest BCUT2D eigenvalue weighted by Crippen LogP contribution is 2.37. The lowest BCUT2D eigenvalue weighted by Gasteiger charge is -2.19. The molecule has 0 heterocycles. The molecule has 6 nitrogen and oxygen atoms in total. The van der Waals surface area contributed by atoms with Crippen LogP contribution < -0.4 is 9.88 Å². The van der Waals surface area contributed by atoms with E-state index in [1.165, 1.54) is 18.9 Å². The van der Waals surface area contributed by atoms with Crippen LogP contribution in [0, 0.1) is 5.92 Å². The quantitative estimate of drug-likeness (QED) is 0.512. The number of aliphatic carboxylic acids is 1. The minimum Gasteiger partial charge on any atom is -0.492 e. The van der Waals surface area contributed by atoms with Crippen LogP contribution in [-0.4, -0.2) is 26.1 Å². The summed E-state index contributed by atoms with van der Waals surface area (Å²) in [7, 11) is -3.77. The molecule has 3 aromatic carbocycles. The first kappa shape index (κ1) is 22.3. The Labute approximate surface area is 188 Å². The summed E-state index contributed by atoms with van der Waals surface area (Å²) in [6.45, 7) is 0.627. The standard InChI is InChI=1S/C25H27NO5S/c26-32(29,30)22-12-10-19-14-21(9-8-20(19)15-22)23-7-3-6-18(11-13-24(27)28)25(23)31-16-17-4-1-2-5-17/h3,6-10,12,14-15,17H,1-2,4-5,11,13,16H2,(H,27,28)(H2,26,29,30). The zero-order chi connectivity index (χ0) is 22.7. The van der Waals surface area contributed by atoms with Gasteiger partial charge in [-0.05, 0) is 65.3 Å². The number of aryl methyl sites for hydroxylation is 1. The highest BCUT2D eigenvalue weighted by Gasteiger charge is 2.19. The molecule has 168 valence electrons. The van der Waals surface area contributed by atoms with Crippen LogP contribution in [0.1, 0.15) is 37.7 Å². The van der Waals surface area contributed by atoms with Crippen molar-refractivity contribution in [1.29, 1.82) is 0 Å². The van der Waals surface area contributed by atoms with E-state index < -0.39 is 16.0 Å². The second kappa shape index (κ2) is 9.30. The second-order valence-corrected chi connectivity index (χ2v) is 9.98. The van der Waals surface area contributed by atoms with Crippen molar-refractivity contribution in [2.75, 3.05) is 6.61 Å². The summed E-state index contributed by atoms with van der Waals surface area (Å²) in [6, 6.07) is 16.4. The number of ether oxygens (including phenoxy) is 1. The molecule has 1 aliphatic rings. The lowest BCUT2D eigenvalue weighted by Crippen LogP contribution is -2.11. The molecule has 0 aromatic heterocycles. The maximum Gasteiger partial charge on any atom is 0.303 e. The van der Waals surface area contributed by atoms with Crippen LogP contribution in [0.5, 0.6) is 5.75 Å². The van der Waals surface area contributed by atoms with Gasteiger partial charge in [-0.15, -0.1) is 0 Å². The zero-order valence-electron chi connectivity index (χ0n) is 17.8. The van der Waals surface area contributed by atoms with Crippen molar-refractivity contribution in [3.63, 3.8) is 0 Å². The van der Waals surface area contributed by atoms with Gasteiger partial charge in [0.15, 0.2) is 0 Å². The van der Waals surface area contributed by atoms with Crippen LogP contribution in [0.15, 0.2) is 59.5 Å². The Balaban J connectivity index is 1.72. The monoisotopic (exact) mass is 453 g/mol. The average Bonchev–Trinajstić information content (AvgIpc) is 3.28. The molecule has 0 unspecified atom stereocenters. The zero-order valence-corrected chi connectivity index (χ0v) is 18.6. The highest BCUT2D eigenvalue weighted by atomic mass is 32.2. The van der Waals surface area contributed by atoms with E-state index >= 15 is 0 Å². The molecular weight excluding hydrogens is 426 g/mol. The number of para-hydroxylation sites is 1. The summed E-state index contributed by atoms with van der Waals surface area (Å²) in [5.41, 5.74) is 2.72. The van der Waals surface area contributed by atoms with Crippen LogP contribution in [0.4, 0.5) is 0 Å². The molecule has 0 bridgehead atoms. The number of carboxylic acid groups (broad SMARTS) is 1. The molecule has 0 amide bonds. The Morgan fingerprint density at radius 1 is 1.03 bits per heavy atom. The first-order valence-corrected chi connectivity index (χ1v) is 12.4. The number of rotatable bonds is 8. The van der Waals surface area contributed by atoms with Crippen molar-refractivity contribution < 1.29 is 23.1 Å². The highest BCUT2D eigenvalue weighted by molar-refractivity contribution is 7.89. The molecule has 0 radical (unpaired) electrons. The van der Waals surface area contributed by atoms with Gasteiger partial charge in [-0.25, -0.2) is 13.6 Å². The number of carbonyl (C=O) groups is 1. The van der Waals surface area contributed by atoms with Crippen LogP contribution in [0.25, 0.3) is 21.9 Å². The second-order valence-electron chi connectivity index (χ2n) is 8.42. The van der Waals surface area contributed by atoms with Crippen molar-refractivity contribution in [2.24, 2.45) is 11.1 Å². The van der Waals surface area contributed by atoms with E-state index in [2.05, 4.69) is 0 Å². The summed E-state index contributed by atoms with van der Waals surface area (Å²) < 4.78 is 29.6. The van der Waals surface area contributed by atoms with Crippen molar-refractivity contribution in [3.05, 3.63) is 60.2 Å². The van der Waals surface area contributed by atoms with Gasteiger partial charge >= 0.3 is 5.97 Å². The summed E-state index contributed by atoms with van der Waals surface area (Å²) in [5.74, 6) is 0.429. The van der Waals surface area contributed by atoms with Crippen LogP contribution in [-0.2, 0) is 21.2 Å². The average molecular weight is 454 g/mol. The molecular formula is C25H27NO5S. The maximum atomic E-state index is 11.7. The number of hydrogen-bond acceptors (Lipinski definition) is 4. The number of sulfonamides is 1. The molecule has 4 rings (SSSR count). The number of hydrogen-bond donors (Lipinski definition) is 2. The molecule has 0 saturated heterocycles. The first-order chi connectivity index (χ1) is 15.3. The molecule has 1 fully saturated rings. The van der Waals surface area contributed by atoms with Gasteiger partial charge in [-0.2, -0.15) is 0 Å². The van der Waals surface area contributed by atoms with Gasteiger partial charge < -0.3 is 9.84 Å². The topological polar surface area (TPSA) is 107 Å². The smallest absolute Gasteiger partial charge is 0.303 e. The van der Waals surface area contributed by atoms with Gasteiger partial charge in [0.2, 0.25) is 10.0 Å². The van der Waals surface area contributed by atoms with Crippen molar-refractivity contribution >= 4 is 26.8 Å². The minimum absolute atomic E-state index is 0.0390. The third kappa shape index (κ3) is 5.11. The largest absolute Gasteiger partial charge is 0.492 e. The number of primary sulfonamides is 1. The molecule has 1 saturated carbocycles. The fourth-order valence-corrected chi connectivity index (χ4v) is 4.92. The van der Waals surface area contributed by atoms with E-state index in [1.54, 1.807) is 12.1 Å². The molecule has 0 atom stereocenters. The molecule has 0 spiro atoms. The van der Waals surface area contributed by atoms with E-state index in [1.807, 2.05) is 36.4 Å². The third-order valence-electron chi connectivity index (χ3n) is 6.09.